The Balaban J connectivity index is 2.09. The first kappa shape index (κ1) is 14.2. The van der Waals surface area contributed by atoms with Gasteiger partial charge in [0.15, 0.2) is 0 Å². The predicted molar refractivity (Wildman–Crippen MR) is 76.3 cm³/mol. The summed E-state index contributed by atoms with van der Waals surface area (Å²) in [6.45, 7) is 4.18. The summed E-state index contributed by atoms with van der Waals surface area (Å²) in [6.07, 6.45) is 1.10. The van der Waals surface area contributed by atoms with Gasteiger partial charge in [0.05, 0.1) is 11.9 Å². The molecule has 0 aliphatic carbocycles. The average molecular weight is 274 g/mol. The molecule has 1 aromatic carbocycles. The minimum Gasteiger partial charge on any atom is -0.354 e. The lowest BCUT2D eigenvalue weighted by Crippen LogP contribution is -2.34. The van der Waals surface area contributed by atoms with Crippen LogP contribution >= 0.6 is 0 Å². The van der Waals surface area contributed by atoms with Crippen LogP contribution in [0.1, 0.15) is 26.7 Å². The van der Waals surface area contributed by atoms with Gasteiger partial charge in [-0.1, -0.05) is 24.3 Å². The van der Waals surface area contributed by atoms with Crippen LogP contribution in [0.3, 0.4) is 0 Å². The molecule has 1 amide bonds. The molecule has 2 aromatic rings. The van der Waals surface area contributed by atoms with Crippen LogP contribution < -0.4 is 10.9 Å². The number of carbonyl (C=O) groups excluding carboxylic acids is 1. The van der Waals surface area contributed by atoms with Gasteiger partial charge in [-0.05, 0) is 25.5 Å². The first-order valence-electron chi connectivity index (χ1n) is 6.73. The fourth-order valence-corrected chi connectivity index (χ4v) is 1.83. The molecular formula is C14H18N4O2. The van der Waals surface area contributed by atoms with Crippen molar-refractivity contribution in [1.29, 1.82) is 0 Å². The summed E-state index contributed by atoms with van der Waals surface area (Å²) in [5, 5.41) is 11.2. The van der Waals surface area contributed by atoms with Crippen LogP contribution in [0.15, 0.2) is 29.1 Å². The highest BCUT2D eigenvalue weighted by atomic mass is 16.2. The second-order valence-electron chi connectivity index (χ2n) is 4.76. The van der Waals surface area contributed by atoms with Crippen molar-refractivity contribution in [1.82, 2.24) is 20.3 Å². The quantitative estimate of drug-likeness (QED) is 0.885. The smallest absolute Gasteiger partial charge is 0.277 e. The van der Waals surface area contributed by atoms with E-state index >= 15 is 0 Å². The molecule has 0 radical (unpaired) electrons. The summed E-state index contributed by atoms with van der Waals surface area (Å²) in [4.78, 5) is 23.8. The summed E-state index contributed by atoms with van der Waals surface area (Å²) in [7, 11) is 0. The SMILES string of the molecule is CCC(C)NC(=O)CCn1nnc2ccccc2c1=O. The van der Waals surface area contributed by atoms with E-state index in [1.165, 1.54) is 4.68 Å². The Morgan fingerprint density at radius 3 is 2.90 bits per heavy atom. The second kappa shape index (κ2) is 6.27. The van der Waals surface area contributed by atoms with Crippen molar-refractivity contribution in [3.8, 4) is 0 Å². The van der Waals surface area contributed by atoms with Crippen LogP contribution in [0.2, 0.25) is 0 Å². The molecule has 0 saturated heterocycles. The molecule has 1 unspecified atom stereocenters. The Kier molecular flexibility index (Phi) is 4.45. The monoisotopic (exact) mass is 274 g/mol. The summed E-state index contributed by atoms with van der Waals surface area (Å²) >= 11 is 0. The van der Waals surface area contributed by atoms with E-state index < -0.39 is 0 Å². The van der Waals surface area contributed by atoms with E-state index in [1.807, 2.05) is 13.8 Å². The maximum absolute atomic E-state index is 12.1. The Morgan fingerprint density at radius 1 is 1.40 bits per heavy atom. The van der Waals surface area contributed by atoms with Gasteiger partial charge in [0.2, 0.25) is 5.91 Å². The lowest BCUT2D eigenvalue weighted by atomic mass is 10.2. The van der Waals surface area contributed by atoms with Crippen molar-refractivity contribution in [2.75, 3.05) is 0 Å². The fraction of sp³-hybridized carbons (Fsp3) is 0.429. The molecule has 2 rings (SSSR count). The zero-order valence-corrected chi connectivity index (χ0v) is 11.7. The summed E-state index contributed by atoms with van der Waals surface area (Å²) in [5.74, 6) is -0.0822. The second-order valence-corrected chi connectivity index (χ2v) is 4.76. The maximum Gasteiger partial charge on any atom is 0.277 e. The molecule has 1 heterocycles. The third kappa shape index (κ3) is 3.20. The van der Waals surface area contributed by atoms with Gasteiger partial charge in [0.1, 0.15) is 5.52 Å². The third-order valence-electron chi connectivity index (χ3n) is 3.20. The number of nitrogens with zero attached hydrogens (tertiary/aromatic N) is 3. The molecule has 1 atom stereocenters. The Morgan fingerprint density at radius 2 is 2.15 bits per heavy atom. The largest absolute Gasteiger partial charge is 0.354 e. The van der Waals surface area contributed by atoms with Crippen LogP contribution in [0.5, 0.6) is 0 Å². The van der Waals surface area contributed by atoms with Crippen LogP contribution in [-0.4, -0.2) is 26.9 Å². The molecule has 1 N–H and O–H groups in total. The first-order chi connectivity index (χ1) is 9.61. The number of hydrogen-bond donors (Lipinski definition) is 1. The number of aromatic nitrogens is 3. The van der Waals surface area contributed by atoms with Gasteiger partial charge in [-0.15, -0.1) is 5.10 Å². The van der Waals surface area contributed by atoms with Gasteiger partial charge in [-0.25, -0.2) is 4.68 Å². The number of amides is 1. The lowest BCUT2D eigenvalue weighted by molar-refractivity contribution is -0.122. The normalized spacial score (nSPS) is 12.3. The molecule has 0 fully saturated rings. The number of carbonyl (C=O) groups is 1. The Bertz CT molecular complexity index is 666. The lowest BCUT2D eigenvalue weighted by Gasteiger charge is -2.11. The number of benzene rings is 1. The first-order valence-corrected chi connectivity index (χ1v) is 6.73. The molecule has 0 spiro atoms. The number of nitrogens with one attached hydrogen (secondary N) is 1. The molecule has 20 heavy (non-hydrogen) atoms. The number of hydrogen-bond acceptors (Lipinski definition) is 4. The van der Waals surface area contributed by atoms with Crippen LogP contribution in [0.4, 0.5) is 0 Å². The average Bonchev–Trinajstić information content (AvgIpc) is 2.46. The molecule has 1 aromatic heterocycles. The van der Waals surface area contributed by atoms with Crippen molar-refractivity contribution in [2.45, 2.75) is 39.3 Å². The molecule has 6 nitrogen and oxygen atoms in total. The van der Waals surface area contributed by atoms with Gasteiger partial charge in [-0.3, -0.25) is 9.59 Å². The molecule has 0 aliphatic rings. The molecule has 0 bridgehead atoms. The third-order valence-corrected chi connectivity index (χ3v) is 3.20. The van der Waals surface area contributed by atoms with E-state index in [0.29, 0.717) is 10.9 Å². The molecule has 0 saturated carbocycles. The Hall–Kier alpha value is -2.24. The van der Waals surface area contributed by atoms with Crippen LogP contribution in [-0.2, 0) is 11.3 Å². The van der Waals surface area contributed by atoms with Crippen LogP contribution in [0, 0.1) is 0 Å². The fourth-order valence-electron chi connectivity index (χ4n) is 1.83. The van der Waals surface area contributed by atoms with Gasteiger partial charge >= 0.3 is 0 Å². The van der Waals surface area contributed by atoms with E-state index in [1.54, 1.807) is 24.3 Å². The predicted octanol–water partition coefficient (Wildman–Crippen LogP) is 1.10. The van der Waals surface area contributed by atoms with Gasteiger partial charge in [0.25, 0.3) is 5.56 Å². The molecule has 0 aliphatic heterocycles. The van der Waals surface area contributed by atoms with E-state index in [9.17, 15) is 9.59 Å². The van der Waals surface area contributed by atoms with Crippen molar-refractivity contribution in [2.24, 2.45) is 0 Å². The van der Waals surface area contributed by atoms with E-state index in [0.717, 1.165) is 6.42 Å². The number of rotatable bonds is 5. The topological polar surface area (TPSA) is 76.9 Å². The van der Waals surface area contributed by atoms with Crippen molar-refractivity contribution in [3.63, 3.8) is 0 Å². The highest BCUT2D eigenvalue weighted by Crippen LogP contribution is 2.03. The van der Waals surface area contributed by atoms with E-state index in [2.05, 4.69) is 15.6 Å². The minimum absolute atomic E-state index is 0.0822. The molecule has 6 heteroatoms. The van der Waals surface area contributed by atoms with Crippen molar-refractivity contribution < 1.29 is 4.79 Å². The van der Waals surface area contributed by atoms with E-state index in [4.69, 9.17) is 0 Å². The highest BCUT2D eigenvalue weighted by Gasteiger charge is 2.09. The molecule has 106 valence electrons. The van der Waals surface area contributed by atoms with Crippen molar-refractivity contribution >= 4 is 16.8 Å². The number of fused-ring (bicyclic) bond motifs is 1. The van der Waals surface area contributed by atoms with Gasteiger partial charge < -0.3 is 5.32 Å². The minimum atomic E-state index is -0.216. The summed E-state index contributed by atoms with van der Waals surface area (Å²) < 4.78 is 1.23. The summed E-state index contributed by atoms with van der Waals surface area (Å²) in [6, 6.07) is 7.18. The highest BCUT2D eigenvalue weighted by molar-refractivity contribution is 5.77. The van der Waals surface area contributed by atoms with Gasteiger partial charge in [0, 0.05) is 12.5 Å². The van der Waals surface area contributed by atoms with Crippen LogP contribution in [0.25, 0.3) is 10.9 Å². The van der Waals surface area contributed by atoms with Gasteiger partial charge in [-0.2, -0.15) is 0 Å². The maximum atomic E-state index is 12.1. The van der Waals surface area contributed by atoms with Crippen molar-refractivity contribution in [3.05, 3.63) is 34.6 Å². The van der Waals surface area contributed by atoms with E-state index in [-0.39, 0.29) is 30.5 Å². The number of aryl methyl sites for hydroxylation is 1. The zero-order valence-electron chi connectivity index (χ0n) is 11.7. The standard InChI is InChI=1S/C14H18N4O2/c1-3-10(2)15-13(19)8-9-18-14(20)11-6-4-5-7-12(11)16-17-18/h4-7,10H,3,8-9H2,1-2H3,(H,15,19). The Labute approximate surface area is 116 Å². The summed E-state index contributed by atoms with van der Waals surface area (Å²) in [5.41, 5.74) is 0.352. The molecular weight excluding hydrogens is 256 g/mol. The zero-order chi connectivity index (χ0) is 14.5.